The Morgan fingerprint density at radius 1 is 1.03 bits per heavy atom. The Kier molecular flexibility index (Phi) is 6.96. The van der Waals surface area contributed by atoms with Crippen molar-refractivity contribution in [1.29, 1.82) is 0 Å². The molecule has 0 spiro atoms. The van der Waals surface area contributed by atoms with E-state index in [-0.39, 0.29) is 18.0 Å². The van der Waals surface area contributed by atoms with Gasteiger partial charge >= 0.3 is 6.03 Å². The number of nitrogens with one attached hydrogen (secondary N) is 1. The molecule has 2 atom stereocenters. The van der Waals surface area contributed by atoms with Gasteiger partial charge in [0.2, 0.25) is 0 Å². The molecule has 1 heterocycles. The number of hydrogen-bond acceptors (Lipinski definition) is 4. The van der Waals surface area contributed by atoms with Crippen molar-refractivity contribution in [3.63, 3.8) is 0 Å². The third-order valence-electron chi connectivity index (χ3n) is 6.70. The number of ether oxygens (including phenoxy) is 2. The minimum atomic E-state index is -0.288. The molecule has 2 amide bonds. The Hall–Kier alpha value is -3.77. The highest BCUT2D eigenvalue weighted by molar-refractivity contribution is 6.30. The molecule has 0 aromatic heterocycles. The van der Waals surface area contributed by atoms with E-state index in [0.717, 1.165) is 53.2 Å². The summed E-state index contributed by atoms with van der Waals surface area (Å²) < 4.78 is 10.6. The maximum atomic E-state index is 13.5. The monoisotopic (exact) mass is 501 g/mol. The molecule has 1 N–H and O–H groups in total. The van der Waals surface area contributed by atoms with E-state index < -0.39 is 0 Å². The molecule has 1 saturated carbocycles. The number of fused-ring (bicyclic) bond motifs is 1. The maximum absolute atomic E-state index is 13.5. The summed E-state index contributed by atoms with van der Waals surface area (Å²) in [5.74, 6) is 1.69. The fourth-order valence-corrected chi connectivity index (χ4v) is 5.14. The summed E-state index contributed by atoms with van der Waals surface area (Å²) in [6.45, 7) is 0. The van der Waals surface area contributed by atoms with Crippen LogP contribution in [-0.4, -0.2) is 31.0 Å². The number of carbonyl (C=O) groups excluding carboxylic acids is 1. The summed E-state index contributed by atoms with van der Waals surface area (Å²) in [6, 6.07) is 22.5. The molecule has 7 heteroatoms. The molecule has 184 valence electrons. The van der Waals surface area contributed by atoms with Gasteiger partial charge in [-0.2, -0.15) is 5.10 Å². The first-order valence-electron chi connectivity index (χ1n) is 12.0. The summed E-state index contributed by atoms with van der Waals surface area (Å²) in [6.07, 6.45) is 5.08. The number of benzene rings is 3. The third kappa shape index (κ3) is 4.95. The van der Waals surface area contributed by atoms with E-state index in [1.54, 1.807) is 31.4 Å². The van der Waals surface area contributed by atoms with Gasteiger partial charge < -0.3 is 14.8 Å². The summed E-state index contributed by atoms with van der Waals surface area (Å²) in [5.41, 5.74) is 4.86. The summed E-state index contributed by atoms with van der Waals surface area (Å²) >= 11 is 6.14. The zero-order chi connectivity index (χ0) is 25.1. The first kappa shape index (κ1) is 23.9. The zero-order valence-electron chi connectivity index (χ0n) is 20.3. The lowest BCUT2D eigenvalue weighted by Crippen LogP contribution is -2.34. The number of methoxy groups -OCH3 is 2. The lowest BCUT2D eigenvalue weighted by molar-refractivity contribution is 0.188. The van der Waals surface area contributed by atoms with E-state index >= 15 is 0 Å². The summed E-state index contributed by atoms with van der Waals surface area (Å²) in [5, 5.41) is 10.0. The lowest BCUT2D eigenvalue weighted by atomic mass is 9.77. The normalized spacial score (nSPS) is 20.0. The van der Waals surface area contributed by atoms with E-state index in [9.17, 15) is 4.79 Å². The van der Waals surface area contributed by atoms with Gasteiger partial charge in [-0.15, -0.1) is 0 Å². The topological polar surface area (TPSA) is 63.2 Å². The molecule has 0 radical (unpaired) electrons. The van der Waals surface area contributed by atoms with Crippen LogP contribution in [0.1, 0.15) is 36.4 Å². The molecule has 3 aromatic rings. The molecular formula is C29H28ClN3O3. The van der Waals surface area contributed by atoms with Crippen LogP contribution in [0.5, 0.6) is 11.5 Å². The van der Waals surface area contributed by atoms with Gasteiger partial charge in [-0.05, 0) is 84.5 Å². The number of hydrazone groups is 1. The highest BCUT2D eigenvalue weighted by atomic mass is 35.5. The van der Waals surface area contributed by atoms with Gasteiger partial charge in [-0.3, -0.25) is 0 Å². The fraction of sp³-hybridized carbons (Fsp3) is 0.241. The van der Waals surface area contributed by atoms with E-state index in [2.05, 4.69) is 11.4 Å². The Bertz CT molecular complexity index is 1300. The van der Waals surface area contributed by atoms with Gasteiger partial charge in [0, 0.05) is 16.6 Å². The van der Waals surface area contributed by atoms with Crippen LogP contribution in [-0.2, 0) is 0 Å². The minimum absolute atomic E-state index is 0.0988. The van der Waals surface area contributed by atoms with E-state index in [1.807, 2.05) is 60.7 Å². The van der Waals surface area contributed by atoms with Crippen LogP contribution >= 0.6 is 11.6 Å². The Morgan fingerprint density at radius 2 is 1.72 bits per heavy atom. The number of nitrogens with zero attached hydrogens (tertiary/aromatic N) is 2. The van der Waals surface area contributed by atoms with Crippen LogP contribution in [0.3, 0.4) is 0 Å². The van der Waals surface area contributed by atoms with Crippen LogP contribution in [0.2, 0.25) is 5.02 Å². The molecule has 2 aliphatic rings. The first-order valence-corrected chi connectivity index (χ1v) is 12.4. The predicted molar refractivity (Wildman–Crippen MR) is 144 cm³/mol. The number of rotatable bonds is 5. The van der Waals surface area contributed by atoms with Crippen molar-refractivity contribution in [1.82, 2.24) is 5.01 Å². The third-order valence-corrected chi connectivity index (χ3v) is 6.93. The van der Waals surface area contributed by atoms with Gasteiger partial charge in [-0.1, -0.05) is 41.9 Å². The van der Waals surface area contributed by atoms with Gasteiger partial charge in [0.1, 0.15) is 11.5 Å². The predicted octanol–water partition coefficient (Wildman–Crippen LogP) is 7.19. The van der Waals surface area contributed by atoms with Crippen molar-refractivity contribution in [2.75, 3.05) is 19.5 Å². The van der Waals surface area contributed by atoms with E-state index in [0.29, 0.717) is 10.7 Å². The average molecular weight is 502 g/mol. The number of anilines is 1. The number of hydrogen-bond donors (Lipinski definition) is 1. The average Bonchev–Trinajstić information content (AvgIpc) is 3.30. The number of urea groups is 1. The number of allylic oxidation sites excluding steroid dienone is 1. The Labute approximate surface area is 216 Å². The molecule has 1 aliphatic carbocycles. The smallest absolute Gasteiger partial charge is 0.342 e. The summed E-state index contributed by atoms with van der Waals surface area (Å²) in [4.78, 5) is 13.5. The van der Waals surface area contributed by atoms with Crippen molar-refractivity contribution < 1.29 is 14.3 Å². The van der Waals surface area contributed by atoms with Crippen LogP contribution in [0.25, 0.3) is 6.08 Å². The summed E-state index contributed by atoms with van der Waals surface area (Å²) in [7, 11) is 3.31. The second-order valence-electron chi connectivity index (χ2n) is 8.93. The Balaban J connectivity index is 1.51. The molecule has 0 saturated heterocycles. The maximum Gasteiger partial charge on any atom is 0.342 e. The van der Waals surface area contributed by atoms with Crippen molar-refractivity contribution in [3.05, 3.63) is 94.5 Å². The minimum Gasteiger partial charge on any atom is -0.497 e. The fourth-order valence-electron chi connectivity index (χ4n) is 4.95. The highest BCUT2D eigenvalue weighted by Crippen LogP contribution is 2.45. The first-order chi connectivity index (χ1) is 17.6. The second kappa shape index (κ2) is 10.5. The molecule has 0 unspecified atom stereocenters. The quantitative estimate of drug-likeness (QED) is 0.402. The standard InChI is InChI=1S/C29H28ClN3O3/c1-35-24-13-9-19(10-14-24)17-21-5-3-8-26-27(21)32-33(28(26)20-11-15-25(36-2)16-12-20)29(34)31-23-7-4-6-22(30)18-23/h4,6-7,9-18,26,28H,3,5,8H2,1-2H3,(H,31,34)/b21-17-/t26-,28-/m0/s1. The van der Waals surface area contributed by atoms with Crippen LogP contribution in [0.4, 0.5) is 10.5 Å². The van der Waals surface area contributed by atoms with Crippen molar-refractivity contribution in [3.8, 4) is 11.5 Å². The van der Waals surface area contributed by atoms with Crippen LogP contribution < -0.4 is 14.8 Å². The van der Waals surface area contributed by atoms with Gasteiger partial charge in [0.05, 0.1) is 26.0 Å². The van der Waals surface area contributed by atoms with Gasteiger partial charge in [0.15, 0.2) is 0 Å². The zero-order valence-corrected chi connectivity index (χ0v) is 21.0. The van der Waals surface area contributed by atoms with Crippen LogP contribution in [0, 0.1) is 5.92 Å². The molecule has 0 bridgehead atoms. The van der Waals surface area contributed by atoms with Crippen molar-refractivity contribution in [2.45, 2.75) is 25.3 Å². The molecule has 5 rings (SSSR count). The number of amides is 2. The molecule has 6 nitrogen and oxygen atoms in total. The molecule has 1 aliphatic heterocycles. The molecule has 36 heavy (non-hydrogen) atoms. The lowest BCUT2D eigenvalue weighted by Gasteiger charge is -2.29. The van der Waals surface area contributed by atoms with E-state index in [4.69, 9.17) is 26.2 Å². The molecule has 1 fully saturated rings. The number of carbonyl (C=O) groups is 1. The molecule has 3 aromatic carbocycles. The second-order valence-corrected chi connectivity index (χ2v) is 9.37. The van der Waals surface area contributed by atoms with E-state index in [1.165, 1.54) is 0 Å². The highest BCUT2D eigenvalue weighted by Gasteiger charge is 2.43. The molecular weight excluding hydrogens is 474 g/mol. The Morgan fingerprint density at radius 3 is 2.39 bits per heavy atom. The largest absolute Gasteiger partial charge is 0.497 e. The van der Waals surface area contributed by atoms with Crippen molar-refractivity contribution >= 4 is 35.1 Å². The van der Waals surface area contributed by atoms with Crippen molar-refractivity contribution in [2.24, 2.45) is 11.0 Å². The van der Waals surface area contributed by atoms with Gasteiger partial charge in [-0.25, -0.2) is 9.80 Å². The SMILES string of the molecule is COc1ccc(/C=C2/CCC[C@H]3C2=NN(C(=O)Nc2cccc(Cl)c2)[C@H]3c2ccc(OC)cc2)cc1. The number of halogens is 1. The van der Waals surface area contributed by atoms with Crippen LogP contribution in [0.15, 0.2) is 83.5 Å². The van der Waals surface area contributed by atoms with Gasteiger partial charge in [0.25, 0.3) is 0 Å².